The van der Waals surface area contributed by atoms with E-state index in [2.05, 4.69) is 29.2 Å². The molecule has 0 amide bonds. The van der Waals surface area contributed by atoms with Crippen molar-refractivity contribution >= 4 is 17.9 Å². The fourth-order valence-corrected chi connectivity index (χ4v) is 2.26. The highest BCUT2D eigenvalue weighted by atomic mass is 16.5. The second-order valence-corrected chi connectivity index (χ2v) is 5.49. The number of carbonyl (C=O) groups is 3. The Morgan fingerprint density at radius 1 is 0.733 bits per heavy atom. The lowest BCUT2D eigenvalue weighted by Crippen LogP contribution is -2.55. The number of ether oxygens (including phenoxy) is 3. The molecular weight excluding hydrogens is 402 g/mol. The zero-order valence-corrected chi connectivity index (χ0v) is 16.1. The van der Waals surface area contributed by atoms with E-state index in [0.717, 1.165) is 18.6 Å². The molecule has 0 aromatic carbocycles. The Hall–Kier alpha value is -3.96. The molecule has 0 unspecified atom stereocenters. The number of carbonyl (C=O) groups excluding carboxylic acids is 3. The van der Waals surface area contributed by atoms with Crippen molar-refractivity contribution in [2.75, 3.05) is 6.61 Å². The highest BCUT2D eigenvalue weighted by molar-refractivity contribution is 5.81. The second-order valence-electron chi connectivity index (χ2n) is 5.49. The maximum Gasteiger partial charge on any atom is 0.336 e. The summed E-state index contributed by atoms with van der Waals surface area (Å²) in [5, 5.41) is 0. The third-order valence-corrected chi connectivity index (χ3v) is 3.62. The lowest BCUT2D eigenvalue weighted by molar-refractivity contribution is -0.139. The normalized spacial score (nSPS) is 10.0. The number of aromatic nitrogens is 3. The van der Waals surface area contributed by atoms with E-state index < -0.39 is 48.1 Å². The Morgan fingerprint density at radius 3 is 1.50 bits per heavy atom. The largest absolute Gasteiger partial charge is 0.461 e. The van der Waals surface area contributed by atoms with Crippen molar-refractivity contribution < 1.29 is 28.6 Å². The number of esters is 3. The molecule has 0 radical (unpaired) electrons. The molecule has 30 heavy (non-hydrogen) atoms. The summed E-state index contributed by atoms with van der Waals surface area (Å²) in [7, 11) is 0. The number of rotatable bonds is 12. The molecule has 0 fully saturated rings. The Bertz CT molecular complexity index is 949. The molecule has 1 aromatic heterocycles. The van der Waals surface area contributed by atoms with Crippen molar-refractivity contribution in [3.8, 4) is 0 Å². The monoisotopic (exact) mass is 423 g/mol. The number of nitrogens with zero attached hydrogens (tertiary/aromatic N) is 3. The summed E-state index contributed by atoms with van der Waals surface area (Å²) in [6, 6.07) is 0. The van der Waals surface area contributed by atoms with E-state index in [-0.39, 0.29) is 26.0 Å². The van der Waals surface area contributed by atoms with E-state index in [4.69, 9.17) is 4.74 Å². The minimum Gasteiger partial charge on any atom is -0.461 e. The minimum absolute atomic E-state index is 0.352. The lowest BCUT2D eigenvalue weighted by atomic mass is 10.4. The summed E-state index contributed by atoms with van der Waals surface area (Å²) < 4.78 is 15.7. The van der Waals surface area contributed by atoms with Gasteiger partial charge >= 0.3 is 35.0 Å². The maximum absolute atomic E-state index is 12.6. The maximum atomic E-state index is 12.6. The van der Waals surface area contributed by atoms with Crippen LogP contribution in [0.1, 0.15) is 12.8 Å². The van der Waals surface area contributed by atoms with E-state index in [0.29, 0.717) is 13.7 Å². The third kappa shape index (κ3) is 6.58. The molecule has 12 heteroatoms. The van der Waals surface area contributed by atoms with Crippen LogP contribution in [0.5, 0.6) is 0 Å². The van der Waals surface area contributed by atoms with Gasteiger partial charge in [-0.15, -0.1) is 0 Å². The second kappa shape index (κ2) is 11.8. The molecule has 0 bridgehead atoms. The van der Waals surface area contributed by atoms with Crippen molar-refractivity contribution in [3.63, 3.8) is 0 Å². The predicted molar refractivity (Wildman–Crippen MR) is 102 cm³/mol. The summed E-state index contributed by atoms with van der Waals surface area (Å²) in [6.45, 7) is 8.15. The van der Waals surface area contributed by atoms with Gasteiger partial charge in [0.2, 0.25) is 0 Å². The van der Waals surface area contributed by atoms with Crippen LogP contribution in [-0.2, 0) is 48.2 Å². The first kappa shape index (κ1) is 24.1. The Labute approximate surface area is 169 Å². The van der Waals surface area contributed by atoms with Gasteiger partial charge in [0, 0.05) is 19.2 Å². The van der Waals surface area contributed by atoms with Gasteiger partial charge in [0.15, 0.2) is 0 Å². The van der Waals surface area contributed by atoms with Crippen LogP contribution in [0.2, 0.25) is 0 Å². The fraction of sp³-hybridized carbons (Fsp3) is 0.333. The van der Waals surface area contributed by atoms with Crippen LogP contribution in [0.4, 0.5) is 0 Å². The molecule has 1 rings (SSSR count). The van der Waals surface area contributed by atoms with E-state index in [9.17, 15) is 28.8 Å². The standard InChI is InChI=1S/C18H21N3O9/c1-4-13(22)30-12-11-21-17(26)19(9-7-14(23)28-5-2)16(25)20(18(21)27)10-8-15(24)29-6-3/h4-6H,1-3,7-12H2. The lowest BCUT2D eigenvalue weighted by Gasteiger charge is -2.13. The Kier molecular flexibility index (Phi) is 9.46. The molecule has 0 atom stereocenters. The highest BCUT2D eigenvalue weighted by Gasteiger charge is 2.17. The molecule has 0 aliphatic rings. The summed E-state index contributed by atoms with van der Waals surface area (Å²) in [5.74, 6) is -2.28. The van der Waals surface area contributed by atoms with E-state index in [1.165, 1.54) is 0 Å². The SMILES string of the molecule is C=COC(=O)CCn1c(=O)n(CCOC(=O)C=C)c(=O)n(CCC(=O)OC=C)c1=O. The summed E-state index contributed by atoms with van der Waals surface area (Å²) in [4.78, 5) is 72.0. The Morgan fingerprint density at radius 2 is 1.13 bits per heavy atom. The minimum atomic E-state index is -1.03. The first-order chi connectivity index (χ1) is 14.3. The molecule has 162 valence electrons. The van der Waals surface area contributed by atoms with Crippen LogP contribution in [0.3, 0.4) is 0 Å². The number of hydrogen-bond acceptors (Lipinski definition) is 9. The van der Waals surface area contributed by atoms with E-state index >= 15 is 0 Å². The molecule has 1 aromatic rings. The smallest absolute Gasteiger partial charge is 0.336 e. The fourth-order valence-electron chi connectivity index (χ4n) is 2.26. The number of hydrogen-bond donors (Lipinski definition) is 0. The molecule has 1 heterocycles. The zero-order valence-electron chi connectivity index (χ0n) is 16.1. The van der Waals surface area contributed by atoms with Crippen LogP contribution in [0.15, 0.2) is 52.7 Å². The van der Waals surface area contributed by atoms with Crippen LogP contribution in [0.25, 0.3) is 0 Å². The molecular formula is C18H21N3O9. The van der Waals surface area contributed by atoms with Gasteiger partial charge in [-0.25, -0.2) is 32.9 Å². The third-order valence-electron chi connectivity index (χ3n) is 3.62. The van der Waals surface area contributed by atoms with Gasteiger partial charge in [0.25, 0.3) is 0 Å². The molecule has 0 N–H and O–H groups in total. The van der Waals surface area contributed by atoms with Gasteiger partial charge in [-0.2, -0.15) is 0 Å². The summed E-state index contributed by atoms with van der Waals surface area (Å²) in [6.07, 6.45) is 1.97. The van der Waals surface area contributed by atoms with Crippen LogP contribution in [0, 0.1) is 0 Å². The average Bonchev–Trinajstić information content (AvgIpc) is 2.70. The van der Waals surface area contributed by atoms with E-state index in [1.54, 1.807) is 0 Å². The van der Waals surface area contributed by atoms with Gasteiger partial charge in [0.1, 0.15) is 6.61 Å². The molecule has 12 nitrogen and oxygen atoms in total. The van der Waals surface area contributed by atoms with Gasteiger partial charge < -0.3 is 14.2 Å². The van der Waals surface area contributed by atoms with Crippen molar-refractivity contribution in [1.82, 2.24) is 13.7 Å². The topological polar surface area (TPSA) is 145 Å². The quantitative estimate of drug-likeness (QED) is 0.180. The van der Waals surface area contributed by atoms with Gasteiger partial charge in [-0.05, 0) is 0 Å². The zero-order chi connectivity index (χ0) is 22.7. The van der Waals surface area contributed by atoms with Crippen LogP contribution >= 0.6 is 0 Å². The summed E-state index contributed by atoms with van der Waals surface area (Å²) in [5.41, 5.74) is -3.06. The van der Waals surface area contributed by atoms with Crippen molar-refractivity contribution in [2.45, 2.75) is 32.5 Å². The predicted octanol–water partition coefficient (Wildman–Crippen LogP) is -0.945. The Balaban J connectivity index is 3.31. The van der Waals surface area contributed by atoms with Gasteiger partial charge in [-0.3, -0.25) is 9.59 Å². The van der Waals surface area contributed by atoms with Crippen molar-refractivity contribution in [2.24, 2.45) is 0 Å². The van der Waals surface area contributed by atoms with Crippen molar-refractivity contribution in [1.29, 1.82) is 0 Å². The first-order valence-electron chi connectivity index (χ1n) is 8.61. The summed E-state index contributed by atoms with van der Waals surface area (Å²) >= 11 is 0. The average molecular weight is 423 g/mol. The van der Waals surface area contributed by atoms with E-state index in [1.807, 2.05) is 0 Å². The molecule has 0 saturated heterocycles. The van der Waals surface area contributed by atoms with Crippen molar-refractivity contribution in [3.05, 3.63) is 69.8 Å². The highest BCUT2D eigenvalue weighted by Crippen LogP contribution is 1.92. The first-order valence-corrected chi connectivity index (χ1v) is 8.61. The molecule has 0 aliphatic carbocycles. The molecule has 0 aliphatic heterocycles. The van der Waals surface area contributed by atoms with Crippen LogP contribution < -0.4 is 17.1 Å². The molecule has 0 spiro atoms. The van der Waals surface area contributed by atoms with Gasteiger partial charge in [0.05, 0.1) is 31.9 Å². The van der Waals surface area contributed by atoms with Crippen LogP contribution in [-0.4, -0.2) is 38.2 Å². The molecule has 0 saturated carbocycles. The van der Waals surface area contributed by atoms with Gasteiger partial charge in [-0.1, -0.05) is 19.7 Å².